The Morgan fingerprint density at radius 2 is 2.00 bits per heavy atom. The average Bonchev–Trinajstić information content (AvgIpc) is 1.63. The van der Waals surface area contributed by atoms with Gasteiger partial charge in [-0.3, -0.25) is 0 Å². The summed E-state index contributed by atoms with van der Waals surface area (Å²) in [5, 5.41) is 0.391. The molecule has 0 heterocycles. The summed E-state index contributed by atoms with van der Waals surface area (Å²) in [4.78, 5) is 14.8. The zero-order valence-electron chi connectivity index (χ0n) is 5.50. The van der Waals surface area contributed by atoms with E-state index >= 15 is 0 Å². The molecule has 0 aromatic rings. The molecule has 0 atom stereocenters. The highest BCUT2D eigenvalue weighted by Gasteiger charge is 2.09. The minimum atomic E-state index is -0.444. The van der Waals surface area contributed by atoms with Crippen LogP contribution < -0.4 is 11.7 Å². The summed E-state index contributed by atoms with van der Waals surface area (Å²) in [6.45, 7) is 3.37. The van der Waals surface area contributed by atoms with Gasteiger partial charge >= 0.3 is 5.97 Å². The molecular formula is C4H11N3O2. The molecule has 0 bridgehead atoms. The average molecular weight is 133 g/mol. The van der Waals surface area contributed by atoms with E-state index in [4.69, 9.17) is 11.7 Å². The molecule has 0 rings (SSSR count). The first-order valence-corrected chi connectivity index (χ1v) is 2.55. The molecule has 5 nitrogen and oxygen atoms in total. The van der Waals surface area contributed by atoms with Gasteiger partial charge in [-0.25, -0.2) is 16.5 Å². The Labute approximate surface area is 53.4 Å². The third-order valence-corrected chi connectivity index (χ3v) is 0.667. The summed E-state index contributed by atoms with van der Waals surface area (Å²) < 4.78 is 0. The number of nitrogens with zero attached hydrogens (tertiary/aromatic N) is 1. The lowest BCUT2D eigenvalue weighted by Gasteiger charge is -2.09. The van der Waals surface area contributed by atoms with E-state index in [1.807, 2.05) is 0 Å². The number of rotatable bonds is 2. The van der Waals surface area contributed by atoms with Gasteiger partial charge in [0, 0.05) is 0 Å². The minimum absolute atomic E-state index is 0.209. The fourth-order valence-electron chi connectivity index (χ4n) is 0.209. The second-order valence-corrected chi connectivity index (χ2v) is 1.92. The molecule has 5 heteroatoms. The van der Waals surface area contributed by atoms with Crippen molar-refractivity contribution in [3.05, 3.63) is 0 Å². The Kier molecular flexibility index (Phi) is 3.15. The van der Waals surface area contributed by atoms with Gasteiger partial charge in [-0.1, -0.05) is 13.8 Å². The van der Waals surface area contributed by atoms with Crippen molar-refractivity contribution in [3.63, 3.8) is 0 Å². The lowest BCUT2D eigenvalue weighted by Crippen LogP contribution is -2.40. The van der Waals surface area contributed by atoms with Crippen LogP contribution in [0.3, 0.4) is 0 Å². The van der Waals surface area contributed by atoms with Crippen LogP contribution in [0.5, 0.6) is 0 Å². The van der Waals surface area contributed by atoms with Crippen LogP contribution in [-0.2, 0) is 9.63 Å². The summed E-state index contributed by atoms with van der Waals surface area (Å²) in [7, 11) is 0. The first-order chi connectivity index (χ1) is 4.04. The fraction of sp³-hybridized carbons (Fsp3) is 0.750. The van der Waals surface area contributed by atoms with E-state index in [1.54, 1.807) is 13.8 Å². The van der Waals surface area contributed by atoms with Gasteiger partial charge in [0.15, 0.2) is 0 Å². The van der Waals surface area contributed by atoms with Crippen molar-refractivity contribution >= 4 is 5.97 Å². The molecule has 0 radical (unpaired) electrons. The maximum atomic E-state index is 10.5. The molecule has 0 aromatic carbocycles. The summed E-state index contributed by atoms with van der Waals surface area (Å²) >= 11 is 0. The van der Waals surface area contributed by atoms with Crippen molar-refractivity contribution in [2.75, 3.05) is 0 Å². The van der Waals surface area contributed by atoms with Crippen LogP contribution in [0.4, 0.5) is 0 Å². The first-order valence-electron chi connectivity index (χ1n) is 2.55. The highest BCUT2D eigenvalue weighted by Crippen LogP contribution is 1.93. The van der Waals surface area contributed by atoms with Gasteiger partial charge in [-0.05, 0) is 5.28 Å². The Balaban J connectivity index is 3.51. The van der Waals surface area contributed by atoms with E-state index in [0.29, 0.717) is 5.28 Å². The molecule has 0 saturated carbocycles. The van der Waals surface area contributed by atoms with Gasteiger partial charge < -0.3 is 4.84 Å². The van der Waals surface area contributed by atoms with Gasteiger partial charge in [-0.2, -0.15) is 0 Å². The topological polar surface area (TPSA) is 81.6 Å². The van der Waals surface area contributed by atoms with Gasteiger partial charge in [0.05, 0.1) is 5.92 Å². The molecule has 9 heavy (non-hydrogen) atoms. The van der Waals surface area contributed by atoms with Gasteiger partial charge in [-0.15, -0.1) is 0 Å². The van der Waals surface area contributed by atoms with Crippen molar-refractivity contribution in [3.8, 4) is 0 Å². The molecule has 4 N–H and O–H groups in total. The predicted octanol–water partition coefficient (Wildman–Crippen LogP) is -0.850. The van der Waals surface area contributed by atoms with Gasteiger partial charge in [0.25, 0.3) is 0 Å². The molecule has 0 fully saturated rings. The lowest BCUT2D eigenvalue weighted by molar-refractivity contribution is -0.197. The van der Waals surface area contributed by atoms with Crippen LogP contribution in [0.25, 0.3) is 0 Å². The third-order valence-electron chi connectivity index (χ3n) is 0.667. The normalized spacial score (nSPS) is 10.4. The smallest absolute Gasteiger partial charge is 0.331 e. The van der Waals surface area contributed by atoms with E-state index < -0.39 is 5.97 Å². The molecule has 0 aliphatic carbocycles. The zero-order valence-corrected chi connectivity index (χ0v) is 5.50. The van der Waals surface area contributed by atoms with E-state index in [9.17, 15) is 4.79 Å². The maximum absolute atomic E-state index is 10.5. The van der Waals surface area contributed by atoms with Crippen LogP contribution >= 0.6 is 0 Å². The molecular weight excluding hydrogens is 122 g/mol. The number of hydrogen-bond acceptors (Lipinski definition) is 5. The molecule has 54 valence electrons. The van der Waals surface area contributed by atoms with Crippen molar-refractivity contribution in [1.29, 1.82) is 0 Å². The van der Waals surface area contributed by atoms with Gasteiger partial charge in [0.2, 0.25) is 0 Å². The Bertz CT molecular complexity index is 102. The number of nitrogens with two attached hydrogens (primary N) is 2. The van der Waals surface area contributed by atoms with Crippen LogP contribution in [-0.4, -0.2) is 11.3 Å². The standard InChI is InChI=1S/C4H11N3O2/c1-3(2)4(8)9-7(5)6/h3H,5-6H2,1-2H3. The van der Waals surface area contributed by atoms with Crippen LogP contribution in [0.1, 0.15) is 13.8 Å². The summed E-state index contributed by atoms with van der Waals surface area (Å²) in [5.74, 6) is 8.95. The molecule has 0 saturated heterocycles. The monoisotopic (exact) mass is 133 g/mol. The van der Waals surface area contributed by atoms with Gasteiger partial charge in [0.1, 0.15) is 0 Å². The molecule has 0 unspecified atom stereocenters. The summed E-state index contributed by atoms with van der Waals surface area (Å²) in [5.41, 5.74) is 0. The highest BCUT2D eigenvalue weighted by atomic mass is 16.8. The number of hydrogen-bond donors (Lipinski definition) is 2. The van der Waals surface area contributed by atoms with Crippen molar-refractivity contribution in [1.82, 2.24) is 5.28 Å². The van der Waals surface area contributed by atoms with Crippen LogP contribution in [0, 0.1) is 5.92 Å². The Morgan fingerprint density at radius 3 is 2.11 bits per heavy atom. The largest absolute Gasteiger partial charge is 0.338 e. The number of hydrazine groups is 2. The lowest BCUT2D eigenvalue weighted by atomic mass is 10.2. The molecule has 0 aliphatic rings. The van der Waals surface area contributed by atoms with Crippen molar-refractivity contribution in [2.24, 2.45) is 17.6 Å². The summed E-state index contributed by atoms with van der Waals surface area (Å²) in [6.07, 6.45) is 0. The number of carbonyl (C=O) groups excluding carboxylic acids is 1. The zero-order chi connectivity index (χ0) is 7.44. The van der Waals surface area contributed by atoms with E-state index in [2.05, 4.69) is 4.84 Å². The van der Waals surface area contributed by atoms with Crippen LogP contribution in [0.15, 0.2) is 0 Å². The Morgan fingerprint density at radius 1 is 1.56 bits per heavy atom. The van der Waals surface area contributed by atoms with E-state index in [-0.39, 0.29) is 5.92 Å². The Hall–Kier alpha value is -0.650. The molecule has 0 aliphatic heterocycles. The second kappa shape index (κ2) is 3.39. The van der Waals surface area contributed by atoms with Crippen molar-refractivity contribution in [2.45, 2.75) is 13.8 Å². The van der Waals surface area contributed by atoms with Crippen molar-refractivity contribution < 1.29 is 9.63 Å². The number of carbonyl (C=O) groups is 1. The first kappa shape index (κ1) is 8.35. The molecule has 0 amide bonds. The predicted molar refractivity (Wildman–Crippen MR) is 31.1 cm³/mol. The van der Waals surface area contributed by atoms with E-state index in [0.717, 1.165) is 0 Å². The molecule has 0 aromatic heterocycles. The SMILES string of the molecule is CC(C)C(=O)ON(N)N. The summed E-state index contributed by atoms with van der Waals surface area (Å²) in [6, 6.07) is 0. The van der Waals surface area contributed by atoms with Crippen LogP contribution in [0.2, 0.25) is 0 Å². The molecule has 0 spiro atoms. The fourth-order valence-corrected chi connectivity index (χ4v) is 0.209. The highest BCUT2D eigenvalue weighted by molar-refractivity contribution is 5.71. The maximum Gasteiger partial charge on any atom is 0.331 e. The second-order valence-electron chi connectivity index (χ2n) is 1.92. The quantitative estimate of drug-likeness (QED) is 0.379. The third kappa shape index (κ3) is 3.89. The van der Waals surface area contributed by atoms with E-state index in [1.165, 1.54) is 0 Å². The minimum Gasteiger partial charge on any atom is -0.338 e.